The van der Waals surface area contributed by atoms with Crippen LogP contribution in [0.5, 0.6) is 0 Å². The van der Waals surface area contributed by atoms with E-state index in [0.717, 1.165) is 40.5 Å². The second kappa shape index (κ2) is 5.90. The number of carbonyl (C=O) groups is 1. The number of halogens is 1. The van der Waals surface area contributed by atoms with Gasteiger partial charge in [0.1, 0.15) is 16.5 Å². The number of thiazole rings is 1. The van der Waals surface area contributed by atoms with Gasteiger partial charge in [-0.05, 0) is 49.6 Å². The van der Waals surface area contributed by atoms with Gasteiger partial charge in [0.15, 0.2) is 15.6 Å². The molecule has 2 bridgehead atoms. The van der Waals surface area contributed by atoms with Gasteiger partial charge >= 0.3 is 0 Å². The van der Waals surface area contributed by atoms with E-state index in [2.05, 4.69) is 27.3 Å². The summed E-state index contributed by atoms with van der Waals surface area (Å²) in [5, 5.41) is 4.22. The van der Waals surface area contributed by atoms with Crippen molar-refractivity contribution in [2.24, 2.45) is 0 Å². The first-order valence-corrected chi connectivity index (χ1v) is 12.5. The summed E-state index contributed by atoms with van der Waals surface area (Å²) in [4.78, 5) is 17.3. The molecule has 2 heterocycles. The van der Waals surface area contributed by atoms with Crippen molar-refractivity contribution >= 4 is 53.2 Å². The molecule has 6 nitrogen and oxygen atoms in total. The molecule has 1 aromatic carbocycles. The Hall–Kier alpha value is -1.71. The van der Waals surface area contributed by atoms with Gasteiger partial charge in [0.05, 0.1) is 10.2 Å². The largest absolute Gasteiger partial charge is 0.455 e. The molecule has 0 saturated heterocycles. The molecule has 146 valence electrons. The molecule has 3 saturated carbocycles. The van der Waals surface area contributed by atoms with Crippen LogP contribution in [0.25, 0.3) is 10.2 Å². The maximum Gasteiger partial charge on any atom is 0.287 e. The van der Waals surface area contributed by atoms with E-state index in [1.54, 1.807) is 17.4 Å². The standard InChI is InChI=1S/C19H17BrN2O4S2/c1-28(24,25)7-12-3-4-14(26-12)16(23)22-19-8-18(9-19,10-19)17-21-13-6-11(20)2-5-15(13)27-17/h2-6H,7-10H2,1H3,(H,22,23). The third-order valence-electron chi connectivity index (χ3n) is 5.50. The first-order valence-electron chi connectivity index (χ1n) is 8.81. The van der Waals surface area contributed by atoms with Crippen molar-refractivity contribution < 1.29 is 17.6 Å². The number of fused-ring (bicyclic) bond motifs is 1. The summed E-state index contributed by atoms with van der Waals surface area (Å²) in [6.45, 7) is 0. The minimum atomic E-state index is -3.20. The zero-order valence-electron chi connectivity index (χ0n) is 15.0. The monoisotopic (exact) mass is 480 g/mol. The van der Waals surface area contributed by atoms with Gasteiger partial charge in [-0.15, -0.1) is 11.3 Å². The van der Waals surface area contributed by atoms with Crippen LogP contribution in [0, 0.1) is 0 Å². The van der Waals surface area contributed by atoms with E-state index >= 15 is 0 Å². The SMILES string of the molecule is CS(=O)(=O)Cc1ccc(C(=O)NC23CC(c4nc5cc(Br)ccc5s4)(C2)C3)o1. The van der Waals surface area contributed by atoms with E-state index in [1.807, 2.05) is 12.1 Å². The maximum atomic E-state index is 12.5. The molecular formula is C19H17BrN2O4S2. The van der Waals surface area contributed by atoms with Gasteiger partial charge in [-0.3, -0.25) is 4.79 Å². The Kier molecular flexibility index (Phi) is 3.86. The van der Waals surface area contributed by atoms with Crippen LogP contribution in [0.15, 0.2) is 39.2 Å². The lowest BCUT2D eigenvalue weighted by Gasteiger charge is -2.69. The number of rotatable bonds is 5. The summed E-state index contributed by atoms with van der Waals surface area (Å²) >= 11 is 5.21. The highest BCUT2D eigenvalue weighted by Crippen LogP contribution is 2.68. The summed E-state index contributed by atoms with van der Waals surface area (Å²) in [6.07, 6.45) is 3.77. The van der Waals surface area contributed by atoms with Crippen LogP contribution in [0.3, 0.4) is 0 Å². The fourth-order valence-corrected chi connectivity index (χ4v) is 6.56. The molecule has 0 aliphatic heterocycles. The number of benzene rings is 1. The Morgan fingerprint density at radius 1 is 1.29 bits per heavy atom. The zero-order valence-corrected chi connectivity index (χ0v) is 18.2. The average Bonchev–Trinajstić information content (AvgIpc) is 3.13. The van der Waals surface area contributed by atoms with Crippen LogP contribution >= 0.6 is 27.3 Å². The Balaban J connectivity index is 1.26. The maximum absolute atomic E-state index is 12.5. The lowest BCUT2D eigenvalue weighted by molar-refractivity contribution is -0.0811. The Bertz CT molecular complexity index is 1210. The molecule has 0 atom stereocenters. The molecule has 0 spiro atoms. The predicted molar refractivity (Wildman–Crippen MR) is 110 cm³/mol. The molecule has 9 heteroatoms. The van der Waals surface area contributed by atoms with Crippen LogP contribution in [-0.4, -0.2) is 31.1 Å². The van der Waals surface area contributed by atoms with Crippen molar-refractivity contribution in [3.8, 4) is 0 Å². The topological polar surface area (TPSA) is 89.3 Å². The molecule has 6 rings (SSSR count). The summed E-state index contributed by atoms with van der Waals surface area (Å²) in [6, 6.07) is 9.20. The second-order valence-electron chi connectivity index (χ2n) is 8.01. The van der Waals surface area contributed by atoms with E-state index in [0.29, 0.717) is 0 Å². The number of hydrogen-bond acceptors (Lipinski definition) is 6. The normalized spacial score (nSPS) is 25.9. The van der Waals surface area contributed by atoms with Crippen LogP contribution in [-0.2, 0) is 21.0 Å². The fraction of sp³-hybridized carbons (Fsp3) is 0.368. The Morgan fingerprint density at radius 3 is 2.75 bits per heavy atom. The van der Waals surface area contributed by atoms with E-state index in [9.17, 15) is 13.2 Å². The summed E-state index contributed by atoms with van der Waals surface area (Å²) in [5.41, 5.74) is 0.888. The minimum Gasteiger partial charge on any atom is -0.455 e. The van der Waals surface area contributed by atoms with Crippen molar-refractivity contribution in [1.29, 1.82) is 0 Å². The molecule has 2 aromatic heterocycles. The third kappa shape index (κ3) is 3.00. The highest BCUT2D eigenvalue weighted by Gasteiger charge is 2.70. The third-order valence-corrected chi connectivity index (χ3v) is 8.09. The molecule has 3 aromatic rings. The van der Waals surface area contributed by atoms with Gasteiger partial charge in [0.25, 0.3) is 5.91 Å². The molecule has 0 unspecified atom stereocenters. The zero-order chi connectivity index (χ0) is 19.7. The van der Waals surface area contributed by atoms with E-state index in [4.69, 9.17) is 9.40 Å². The van der Waals surface area contributed by atoms with Crippen molar-refractivity contribution in [3.63, 3.8) is 0 Å². The minimum absolute atomic E-state index is 0.0774. The number of sulfone groups is 1. The number of aromatic nitrogens is 1. The summed E-state index contributed by atoms with van der Waals surface area (Å²) in [7, 11) is -3.20. The average molecular weight is 481 g/mol. The molecule has 1 amide bonds. The quantitative estimate of drug-likeness (QED) is 0.599. The number of nitrogens with zero attached hydrogens (tertiary/aromatic N) is 1. The smallest absolute Gasteiger partial charge is 0.287 e. The Labute approximate surface area is 174 Å². The first kappa shape index (κ1) is 18.3. The van der Waals surface area contributed by atoms with Crippen LogP contribution in [0.2, 0.25) is 0 Å². The molecule has 3 aliphatic rings. The second-order valence-corrected chi connectivity index (χ2v) is 12.1. The summed E-state index contributed by atoms with van der Waals surface area (Å²) in [5.74, 6) is -0.0617. The summed E-state index contributed by atoms with van der Waals surface area (Å²) < 4.78 is 30.3. The van der Waals surface area contributed by atoms with Crippen molar-refractivity contribution in [2.75, 3.05) is 6.26 Å². The van der Waals surface area contributed by atoms with Crippen LogP contribution < -0.4 is 5.32 Å². The van der Waals surface area contributed by atoms with E-state index < -0.39 is 9.84 Å². The molecule has 3 aliphatic carbocycles. The van der Waals surface area contributed by atoms with Gasteiger partial charge in [-0.2, -0.15) is 0 Å². The van der Waals surface area contributed by atoms with Crippen LogP contribution in [0.1, 0.15) is 40.6 Å². The molecule has 3 fully saturated rings. The van der Waals surface area contributed by atoms with Gasteiger partial charge < -0.3 is 9.73 Å². The fourth-order valence-electron chi connectivity index (χ4n) is 4.41. The molecule has 0 radical (unpaired) electrons. The lowest BCUT2D eigenvalue weighted by atomic mass is 9.39. The number of carbonyl (C=O) groups excluding carboxylic acids is 1. The van der Waals surface area contributed by atoms with Crippen LogP contribution in [0.4, 0.5) is 0 Å². The number of nitrogens with one attached hydrogen (secondary N) is 1. The number of furan rings is 1. The molecule has 28 heavy (non-hydrogen) atoms. The van der Waals surface area contributed by atoms with E-state index in [-0.39, 0.29) is 34.1 Å². The Morgan fingerprint density at radius 2 is 2.04 bits per heavy atom. The van der Waals surface area contributed by atoms with Crippen molar-refractivity contribution in [1.82, 2.24) is 10.3 Å². The van der Waals surface area contributed by atoms with Crippen molar-refractivity contribution in [2.45, 2.75) is 36.0 Å². The first-order chi connectivity index (χ1) is 13.2. The van der Waals surface area contributed by atoms with Gasteiger partial charge in [0.2, 0.25) is 0 Å². The predicted octanol–water partition coefficient (Wildman–Crippen LogP) is 3.80. The highest BCUT2D eigenvalue weighted by molar-refractivity contribution is 9.10. The lowest BCUT2D eigenvalue weighted by Crippen LogP contribution is -2.76. The van der Waals surface area contributed by atoms with Crippen molar-refractivity contribution in [3.05, 3.63) is 51.3 Å². The van der Waals surface area contributed by atoms with E-state index in [1.165, 1.54) is 10.8 Å². The van der Waals surface area contributed by atoms with Gasteiger partial charge in [0, 0.05) is 21.7 Å². The van der Waals surface area contributed by atoms with Gasteiger partial charge in [-0.1, -0.05) is 15.9 Å². The van der Waals surface area contributed by atoms with Gasteiger partial charge in [-0.25, -0.2) is 13.4 Å². The molecular weight excluding hydrogens is 464 g/mol. The number of amides is 1. The number of hydrogen-bond donors (Lipinski definition) is 1. The molecule has 1 N–H and O–H groups in total. The highest BCUT2D eigenvalue weighted by atomic mass is 79.9.